The SMILES string of the molecule is O=C(O)C=Cc1c[c-]ccc1.[O-]B([O-])[O-].[Ti+4]. The van der Waals surface area contributed by atoms with Gasteiger partial charge in [-0.2, -0.15) is 30.3 Å². The largest absolute Gasteiger partial charge is 4.00 e. The zero-order valence-corrected chi connectivity index (χ0v) is 9.68. The minimum absolute atomic E-state index is 0. The van der Waals surface area contributed by atoms with E-state index in [4.69, 9.17) is 20.2 Å². The summed E-state index contributed by atoms with van der Waals surface area (Å²) in [6.07, 6.45) is 2.63. The predicted molar refractivity (Wildman–Crippen MR) is 47.7 cm³/mol. The standard InChI is InChI=1S/C9H7O2.BO3.Ti/c10-9(11)7-6-8-4-2-1-3-5-8;2-1(3)4;/h1-2,4-7H,(H,10,11);;/q-1;-3;+4. The summed E-state index contributed by atoms with van der Waals surface area (Å²) in [7, 11) is -2.92. The van der Waals surface area contributed by atoms with Crippen molar-refractivity contribution in [3.8, 4) is 0 Å². The molecule has 0 unspecified atom stereocenters. The van der Waals surface area contributed by atoms with Gasteiger partial charge in [-0.3, -0.25) is 7.32 Å². The maximum atomic E-state index is 10.1. The Bertz CT molecular complexity index is 312. The third kappa shape index (κ3) is 13.1. The maximum Gasteiger partial charge on any atom is 4.00 e. The number of benzene rings is 1. The molecule has 0 fully saturated rings. The van der Waals surface area contributed by atoms with E-state index in [2.05, 4.69) is 6.07 Å². The van der Waals surface area contributed by atoms with Gasteiger partial charge >= 0.3 is 27.7 Å². The zero-order chi connectivity index (χ0) is 11.7. The first-order chi connectivity index (χ1) is 7.02. The van der Waals surface area contributed by atoms with E-state index in [1.807, 2.05) is 12.1 Å². The van der Waals surface area contributed by atoms with E-state index in [0.717, 1.165) is 11.6 Å². The molecule has 1 aromatic rings. The molecule has 5 nitrogen and oxygen atoms in total. The van der Waals surface area contributed by atoms with Crippen LogP contribution in [0.2, 0.25) is 0 Å². The minimum Gasteiger partial charge on any atom is -0.907 e. The number of carboxylic acids is 1. The molecular formula is C9H7BO5Ti. The van der Waals surface area contributed by atoms with Crippen molar-refractivity contribution in [2.24, 2.45) is 0 Å². The Morgan fingerprint density at radius 2 is 2.00 bits per heavy atom. The monoisotopic (exact) mass is 254 g/mol. The van der Waals surface area contributed by atoms with E-state index in [0.29, 0.717) is 0 Å². The molecule has 0 aliphatic carbocycles. The van der Waals surface area contributed by atoms with Crippen LogP contribution in [0.3, 0.4) is 0 Å². The topological polar surface area (TPSA) is 106 Å². The van der Waals surface area contributed by atoms with Gasteiger partial charge in [0.25, 0.3) is 0 Å². The Balaban J connectivity index is 0. The molecule has 0 aliphatic heterocycles. The number of hydrogen-bond acceptors (Lipinski definition) is 4. The Morgan fingerprint density at radius 3 is 2.38 bits per heavy atom. The van der Waals surface area contributed by atoms with Gasteiger partial charge in [-0.1, -0.05) is 0 Å². The number of carbonyl (C=O) groups is 1. The van der Waals surface area contributed by atoms with Gasteiger partial charge in [0.05, 0.1) is 0 Å². The Labute approximate surface area is 108 Å². The molecule has 0 saturated heterocycles. The van der Waals surface area contributed by atoms with Crippen LogP contribution in [0.4, 0.5) is 0 Å². The van der Waals surface area contributed by atoms with Gasteiger partial charge in [0.15, 0.2) is 0 Å². The van der Waals surface area contributed by atoms with Crippen LogP contribution in [0.1, 0.15) is 5.56 Å². The smallest absolute Gasteiger partial charge is 0.907 e. The second kappa shape index (κ2) is 10.6. The molecule has 0 heterocycles. The quantitative estimate of drug-likeness (QED) is 0.360. The van der Waals surface area contributed by atoms with Crippen LogP contribution in [0.5, 0.6) is 0 Å². The first-order valence-electron chi connectivity index (χ1n) is 3.87. The molecule has 1 aromatic carbocycles. The van der Waals surface area contributed by atoms with E-state index in [-0.39, 0.29) is 21.7 Å². The summed E-state index contributed by atoms with van der Waals surface area (Å²) >= 11 is 0. The number of aliphatic carboxylic acids is 1. The minimum atomic E-state index is -2.92. The van der Waals surface area contributed by atoms with E-state index in [1.54, 1.807) is 12.1 Å². The summed E-state index contributed by atoms with van der Waals surface area (Å²) in [5.41, 5.74) is 0.843. The van der Waals surface area contributed by atoms with Gasteiger partial charge in [-0.15, -0.1) is 11.6 Å². The van der Waals surface area contributed by atoms with Crippen molar-refractivity contribution in [3.05, 3.63) is 42.0 Å². The van der Waals surface area contributed by atoms with Crippen LogP contribution in [-0.2, 0) is 26.5 Å². The van der Waals surface area contributed by atoms with E-state index < -0.39 is 13.3 Å². The molecule has 0 amide bonds. The van der Waals surface area contributed by atoms with Crippen molar-refractivity contribution in [1.29, 1.82) is 0 Å². The Morgan fingerprint density at radius 1 is 1.44 bits per heavy atom. The molecular weight excluding hydrogens is 247 g/mol. The third-order valence-corrected chi connectivity index (χ3v) is 1.15. The summed E-state index contributed by atoms with van der Waals surface area (Å²) in [4.78, 5) is 10.1. The summed E-state index contributed by atoms with van der Waals surface area (Å²) in [5.74, 6) is -0.936. The summed E-state index contributed by atoms with van der Waals surface area (Å²) in [6, 6.07) is 9.95. The van der Waals surface area contributed by atoms with Crippen LogP contribution in [0.25, 0.3) is 6.08 Å². The molecule has 0 atom stereocenters. The number of carboxylic acid groups (broad SMARTS) is 1. The van der Waals surface area contributed by atoms with Gasteiger partial charge in [0.1, 0.15) is 0 Å². The molecule has 1 N–H and O–H groups in total. The molecule has 0 radical (unpaired) electrons. The fourth-order valence-electron chi connectivity index (χ4n) is 0.678. The fourth-order valence-corrected chi connectivity index (χ4v) is 0.678. The molecule has 16 heavy (non-hydrogen) atoms. The molecule has 0 bridgehead atoms. The average molecular weight is 254 g/mol. The summed E-state index contributed by atoms with van der Waals surface area (Å²) in [6.45, 7) is 0. The van der Waals surface area contributed by atoms with Crippen molar-refractivity contribution < 1.29 is 46.7 Å². The van der Waals surface area contributed by atoms with Crippen molar-refractivity contribution >= 4 is 19.4 Å². The van der Waals surface area contributed by atoms with Gasteiger partial charge in [-0.25, -0.2) is 4.79 Å². The Kier molecular flexibility index (Phi) is 11.6. The van der Waals surface area contributed by atoms with Crippen LogP contribution in [0.15, 0.2) is 30.3 Å². The van der Waals surface area contributed by atoms with Crippen molar-refractivity contribution in [2.75, 3.05) is 0 Å². The average Bonchev–Trinajstić information content (AvgIpc) is 2.15. The van der Waals surface area contributed by atoms with Gasteiger partial charge in [0.2, 0.25) is 0 Å². The zero-order valence-electron chi connectivity index (χ0n) is 8.12. The summed E-state index contributed by atoms with van der Waals surface area (Å²) < 4.78 is 0. The van der Waals surface area contributed by atoms with Crippen LogP contribution in [0, 0.1) is 6.07 Å². The molecule has 0 aliphatic rings. The summed E-state index contributed by atoms with van der Waals surface area (Å²) in [5, 5.41) is 33.5. The molecule has 80 valence electrons. The number of hydrogen-bond donors (Lipinski definition) is 1. The van der Waals surface area contributed by atoms with Gasteiger partial charge in [0, 0.05) is 6.08 Å². The van der Waals surface area contributed by atoms with Crippen molar-refractivity contribution in [3.63, 3.8) is 0 Å². The second-order valence-electron chi connectivity index (χ2n) is 2.30. The molecule has 0 aromatic heterocycles. The maximum absolute atomic E-state index is 10.1. The Hall–Kier alpha value is -0.911. The molecule has 1 rings (SSSR count). The van der Waals surface area contributed by atoms with Gasteiger partial charge < -0.3 is 20.2 Å². The van der Waals surface area contributed by atoms with Crippen LogP contribution < -0.4 is 15.1 Å². The van der Waals surface area contributed by atoms with E-state index >= 15 is 0 Å². The third-order valence-electron chi connectivity index (χ3n) is 1.15. The van der Waals surface area contributed by atoms with Crippen LogP contribution >= 0.6 is 0 Å². The predicted octanol–water partition coefficient (Wildman–Crippen LogP) is -2.37. The van der Waals surface area contributed by atoms with Crippen molar-refractivity contribution in [2.45, 2.75) is 0 Å². The molecule has 7 heteroatoms. The normalized spacial score (nSPS) is 8.69. The molecule has 0 spiro atoms. The van der Waals surface area contributed by atoms with Crippen molar-refractivity contribution in [1.82, 2.24) is 0 Å². The first kappa shape index (κ1) is 17.5. The van der Waals surface area contributed by atoms with E-state index in [1.165, 1.54) is 6.08 Å². The van der Waals surface area contributed by atoms with Crippen LogP contribution in [-0.4, -0.2) is 18.4 Å². The second-order valence-corrected chi connectivity index (χ2v) is 2.30. The van der Waals surface area contributed by atoms with Gasteiger partial charge in [-0.05, 0) is 0 Å². The fraction of sp³-hybridized carbons (Fsp3) is 0. The first-order valence-corrected chi connectivity index (χ1v) is 3.87. The number of rotatable bonds is 2. The molecule has 0 saturated carbocycles. The van der Waals surface area contributed by atoms with E-state index in [9.17, 15) is 4.79 Å².